The lowest BCUT2D eigenvalue weighted by atomic mass is 10.0. The number of hydrogen-bond donors (Lipinski definition) is 2. The first-order valence-corrected chi connectivity index (χ1v) is 9.45. The van der Waals surface area contributed by atoms with E-state index < -0.39 is 0 Å². The van der Waals surface area contributed by atoms with Crippen LogP contribution < -0.4 is 10.9 Å². The molecule has 0 saturated carbocycles. The molecular formula is C21H14ClN7O2. The topological polar surface area (TPSA) is 129 Å². The first-order valence-electron chi connectivity index (χ1n) is 9.08. The SMILES string of the molecule is N#Cc1ccc(Cl)cc1-c1ccn(CC(=O)Nc2ccc(-c3nn[nH]n3)cc2)c(=O)c1. The highest BCUT2D eigenvalue weighted by Crippen LogP contribution is 2.25. The summed E-state index contributed by atoms with van der Waals surface area (Å²) in [6.07, 6.45) is 1.51. The Kier molecular flexibility index (Phi) is 5.55. The summed E-state index contributed by atoms with van der Waals surface area (Å²) in [6, 6.07) is 16.9. The monoisotopic (exact) mass is 431 g/mol. The van der Waals surface area contributed by atoms with Crippen LogP contribution in [0.5, 0.6) is 0 Å². The molecule has 4 aromatic rings. The van der Waals surface area contributed by atoms with E-state index in [1.165, 1.54) is 16.8 Å². The van der Waals surface area contributed by atoms with Gasteiger partial charge in [0.05, 0.1) is 11.6 Å². The van der Waals surface area contributed by atoms with Crippen LogP contribution in [-0.4, -0.2) is 31.1 Å². The minimum absolute atomic E-state index is 0.160. The Hall–Kier alpha value is -4.29. The zero-order valence-corrected chi connectivity index (χ0v) is 16.7. The molecule has 0 spiro atoms. The van der Waals surface area contributed by atoms with Crippen molar-refractivity contribution in [3.8, 4) is 28.6 Å². The lowest BCUT2D eigenvalue weighted by molar-refractivity contribution is -0.116. The second kappa shape index (κ2) is 8.61. The number of rotatable bonds is 5. The van der Waals surface area contributed by atoms with Crippen LogP contribution in [0.3, 0.4) is 0 Å². The average Bonchev–Trinajstić information content (AvgIpc) is 3.30. The molecule has 0 aliphatic carbocycles. The molecule has 9 nitrogen and oxygen atoms in total. The van der Waals surface area contributed by atoms with Crippen molar-refractivity contribution in [2.45, 2.75) is 6.54 Å². The van der Waals surface area contributed by atoms with Crippen LogP contribution in [0.4, 0.5) is 5.69 Å². The van der Waals surface area contributed by atoms with Crippen LogP contribution in [0.1, 0.15) is 5.56 Å². The van der Waals surface area contributed by atoms with E-state index in [1.54, 1.807) is 48.5 Å². The van der Waals surface area contributed by atoms with E-state index in [4.69, 9.17) is 11.6 Å². The number of halogens is 1. The van der Waals surface area contributed by atoms with Crippen molar-refractivity contribution in [1.82, 2.24) is 25.2 Å². The number of tetrazole rings is 1. The molecule has 0 fully saturated rings. The summed E-state index contributed by atoms with van der Waals surface area (Å²) in [4.78, 5) is 24.9. The number of benzene rings is 2. The molecule has 2 aromatic carbocycles. The summed E-state index contributed by atoms with van der Waals surface area (Å²) in [6.45, 7) is -0.160. The summed E-state index contributed by atoms with van der Waals surface area (Å²) in [5, 5.41) is 26.1. The number of nitriles is 1. The number of amides is 1. The number of H-pyrrole nitrogens is 1. The van der Waals surface area contributed by atoms with E-state index in [2.05, 4.69) is 32.0 Å². The van der Waals surface area contributed by atoms with Crippen LogP contribution in [0, 0.1) is 11.3 Å². The zero-order chi connectivity index (χ0) is 21.8. The van der Waals surface area contributed by atoms with Gasteiger partial charge in [-0.3, -0.25) is 9.59 Å². The van der Waals surface area contributed by atoms with E-state index in [1.807, 2.05) is 0 Å². The third kappa shape index (κ3) is 4.49. The molecule has 0 saturated heterocycles. The average molecular weight is 432 g/mol. The minimum atomic E-state index is -0.371. The standard InChI is InChI=1S/C21H14ClN7O2/c22-16-4-1-15(11-23)18(10-16)14-7-8-29(20(31)9-14)12-19(30)24-17-5-2-13(3-6-17)21-25-27-28-26-21/h1-10H,12H2,(H,24,30)(H,25,26,27,28). The number of hydrogen-bond acceptors (Lipinski definition) is 6. The van der Waals surface area contributed by atoms with E-state index >= 15 is 0 Å². The molecule has 0 aliphatic heterocycles. The second-order valence-corrected chi connectivity index (χ2v) is 6.98. The predicted molar refractivity (Wildman–Crippen MR) is 114 cm³/mol. The largest absolute Gasteiger partial charge is 0.325 e. The number of aromatic amines is 1. The molecule has 0 unspecified atom stereocenters. The Bertz CT molecular complexity index is 1340. The van der Waals surface area contributed by atoms with Crippen LogP contribution >= 0.6 is 11.6 Å². The quantitative estimate of drug-likeness (QED) is 0.499. The normalized spacial score (nSPS) is 10.5. The molecule has 31 heavy (non-hydrogen) atoms. The van der Waals surface area contributed by atoms with Crippen molar-refractivity contribution in [3.05, 3.63) is 81.7 Å². The van der Waals surface area contributed by atoms with Gasteiger partial charge in [0, 0.05) is 34.1 Å². The summed E-state index contributed by atoms with van der Waals surface area (Å²) >= 11 is 6.02. The number of nitrogens with zero attached hydrogens (tertiary/aromatic N) is 5. The molecule has 1 amide bonds. The lowest BCUT2D eigenvalue weighted by Crippen LogP contribution is -2.26. The highest BCUT2D eigenvalue weighted by Gasteiger charge is 2.10. The molecule has 0 bridgehead atoms. The summed E-state index contributed by atoms with van der Waals surface area (Å²) in [7, 11) is 0. The zero-order valence-electron chi connectivity index (χ0n) is 15.9. The van der Waals surface area contributed by atoms with Gasteiger partial charge in [-0.2, -0.15) is 10.5 Å². The fraction of sp³-hybridized carbons (Fsp3) is 0.0476. The summed E-state index contributed by atoms with van der Waals surface area (Å²) in [5.41, 5.74) is 2.46. The maximum atomic E-state index is 12.5. The Labute approximate surface area is 180 Å². The van der Waals surface area contributed by atoms with Gasteiger partial charge in [0.1, 0.15) is 6.54 Å². The Balaban J connectivity index is 1.47. The van der Waals surface area contributed by atoms with E-state index in [9.17, 15) is 14.9 Å². The van der Waals surface area contributed by atoms with Gasteiger partial charge in [-0.1, -0.05) is 11.6 Å². The number of aromatic nitrogens is 5. The van der Waals surface area contributed by atoms with Gasteiger partial charge in [-0.05, 0) is 59.3 Å². The number of carbonyl (C=O) groups excluding carboxylic acids is 1. The van der Waals surface area contributed by atoms with Crippen molar-refractivity contribution in [1.29, 1.82) is 5.26 Å². The van der Waals surface area contributed by atoms with Gasteiger partial charge in [0.15, 0.2) is 0 Å². The second-order valence-electron chi connectivity index (χ2n) is 6.54. The Morgan fingerprint density at radius 1 is 1.13 bits per heavy atom. The summed E-state index contributed by atoms with van der Waals surface area (Å²) < 4.78 is 1.28. The number of anilines is 1. The van der Waals surface area contributed by atoms with Crippen LogP contribution in [-0.2, 0) is 11.3 Å². The molecule has 4 rings (SSSR count). The third-order valence-electron chi connectivity index (χ3n) is 4.50. The van der Waals surface area contributed by atoms with Crippen LogP contribution in [0.2, 0.25) is 5.02 Å². The maximum Gasteiger partial charge on any atom is 0.251 e. The Morgan fingerprint density at radius 3 is 2.61 bits per heavy atom. The fourth-order valence-corrected chi connectivity index (χ4v) is 3.17. The molecule has 2 heterocycles. The first kappa shape index (κ1) is 20.0. The van der Waals surface area contributed by atoms with E-state index in [0.717, 1.165) is 5.56 Å². The number of carbonyl (C=O) groups is 1. The Morgan fingerprint density at radius 2 is 1.94 bits per heavy atom. The molecule has 0 radical (unpaired) electrons. The maximum absolute atomic E-state index is 12.5. The molecule has 10 heteroatoms. The van der Waals surface area contributed by atoms with Gasteiger partial charge in [-0.15, -0.1) is 10.2 Å². The highest BCUT2D eigenvalue weighted by molar-refractivity contribution is 6.30. The van der Waals surface area contributed by atoms with Crippen molar-refractivity contribution in [2.75, 3.05) is 5.32 Å². The van der Waals surface area contributed by atoms with Gasteiger partial charge >= 0.3 is 0 Å². The number of pyridine rings is 1. The molecule has 2 aromatic heterocycles. The predicted octanol–water partition coefficient (Wildman–Crippen LogP) is 2.86. The third-order valence-corrected chi connectivity index (χ3v) is 4.73. The van der Waals surface area contributed by atoms with Gasteiger partial charge < -0.3 is 9.88 Å². The van der Waals surface area contributed by atoms with Crippen molar-refractivity contribution in [2.24, 2.45) is 0 Å². The van der Waals surface area contributed by atoms with Crippen molar-refractivity contribution in [3.63, 3.8) is 0 Å². The molecular weight excluding hydrogens is 418 g/mol. The van der Waals surface area contributed by atoms with Gasteiger partial charge in [0.25, 0.3) is 5.56 Å². The van der Waals surface area contributed by atoms with Gasteiger partial charge in [0.2, 0.25) is 11.7 Å². The molecule has 0 atom stereocenters. The molecule has 152 valence electrons. The summed E-state index contributed by atoms with van der Waals surface area (Å²) in [5.74, 6) is 0.0893. The van der Waals surface area contributed by atoms with Crippen molar-refractivity contribution < 1.29 is 4.79 Å². The fourth-order valence-electron chi connectivity index (χ4n) is 3.00. The molecule has 0 aliphatic rings. The molecule has 2 N–H and O–H groups in total. The smallest absolute Gasteiger partial charge is 0.251 e. The van der Waals surface area contributed by atoms with Crippen LogP contribution in [0.25, 0.3) is 22.5 Å². The van der Waals surface area contributed by atoms with E-state index in [0.29, 0.717) is 33.2 Å². The van der Waals surface area contributed by atoms with E-state index in [-0.39, 0.29) is 18.0 Å². The van der Waals surface area contributed by atoms with Gasteiger partial charge in [-0.25, -0.2) is 0 Å². The lowest BCUT2D eigenvalue weighted by Gasteiger charge is -2.10. The minimum Gasteiger partial charge on any atom is -0.325 e. The van der Waals surface area contributed by atoms with Crippen LogP contribution in [0.15, 0.2) is 65.6 Å². The number of nitrogens with one attached hydrogen (secondary N) is 2. The van der Waals surface area contributed by atoms with Crippen molar-refractivity contribution >= 4 is 23.2 Å². The first-order chi connectivity index (χ1) is 15.0. The highest BCUT2D eigenvalue weighted by atomic mass is 35.5.